The summed E-state index contributed by atoms with van der Waals surface area (Å²) < 4.78 is 0. The van der Waals surface area contributed by atoms with Gasteiger partial charge in [0.15, 0.2) is 5.78 Å². The van der Waals surface area contributed by atoms with Crippen LogP contribution in [0.4, 0.5) is 0 Å². The van der Waals surface area contributed by atoms with Gasteiger partial charge in [0.25, 0.3) is 0 Å². The fourth-order valence-electron chi connectivity index (χ4n) is 2.61. The number of aromatic nitrogens is 2. The van der Waals surface area contributed by atoms with Crippen molar-refractivity contribution in [3.05, 3.63) is 84.4 Å². The minimum Gasteiger partial charge on any atom is -0.512 e. The van der Waals surface area contributed by atoms with Gasteiger partial charge in [-0.15, -0.1) is 29.8 Å². The van der Waals surface area contributed by atoms with Crippen LogP contribution >= 0.6 is 0 Å². The molecule has 4 nitrogen and oxygen atoms in total. The zero-order valence-corrected chi connectivity index (χ0v) is 20.3. The van der Waals surface area contributed by atoms with Gasteiger partial charge < -0.3 is 10.1 Å². The van der Waals surface area contributed by atoms with Gasteiger partial charge in [-0.2, -0.15) is 0 Å². The second-order valence-corrected chi connectivity index (χ2v) is 7.78. The number of rotatable bonds is 3. The molecule has 0 atom stereocenters. The third-order valence-electron chi connectivity index (χ3n) is 4.09. The summed E-state index contributed by atoms with van der Waals surface area (Å²) in [6.45, 7) is 9.48. The van der Waals surface area contributed by atoms with E-state index in [-0.39, 0.29) is 37.1 Å². The Bertz CT molecular complexity index is 972. The molecule has 0 saturated carbocycles. The number of carbonyl (C=O) groups excluding carboxylic acids is 1. The number of hydrogen-bond acceptors (Lipinski definition) is 4. The molecule has 30 heavy (non-hydrogen) atoms. The largest absolute Gasteiger partial charge is 0.512 e. The summed E-state index contributed by atoms with van der Waals surface area (Å²) in [7, 11) is 0. The zero-order valence-electron chi connectivity index (χ0n) is 17.9. The molecule has 2 aromatic heterocycles. The summed E-state index contributed by atoms with van der Waals surface area (Å²) in [5.74, 6) is -0.0625. The summed E-state index contributed by atoms with van der Waals surface area (Å²) in [6.07, 6.45) is 4.84. The number of aliphatic hydroxyl groups excluding tert-OH is 1. The van der Waals surface area contributed by atoms with Crippen LogP contribution < -0.4 is 0 Å². The number of benzene rings is 1. The molecule has 5 heteroatoms. The Kier molecular flexibility index (Phi) is 9.77. The fraction of sp³-hybridized carbons (Fsp3) is 0.240. The number of pyridine rings is 2. The summed E-state index contributed by atoms with van der Waals surface area (Å²) in [4.78, 5) is 18.9. The van der Waals surface area contributed by atoms with Crippen molar-refractivity contribution in [2.24, 2.45) is 0 Å². The third kappa shape index (κ3) is 8.02. The van der Waals surface area contributed by atoms with Crippen molar-refractivity contribution in [1.29, 1.82) is 0 Å². The summed E-state index contributed by atoms with van der Waals surface area (Å²) >= 11 is 0. The van der Waals surface area contributed by atoms with E-state index in [0.717, 1.165) is 22.5 Å². The first-order valence-corrected chi connectivity index (χ1v) is 9.44. The normalized spacial score (nSPS) is 11.0. The summed E-state index contributed by atoms with van der Waals surface area (Å²) in [6, 6.07) is 19.5. The molecule has 0 aliphatic carbocycles. The van der Waals surface area contributed by atoms with Gasteiger partial charge in [-0.05, 0) is 48.7 Å². The molecule has 0 spiro atoms. The molecule has 2 heterocycles. The van der Waals surface area contributed by atoms with Gasteiger partial charge in [0.05, 0.1) is 5.76 Å². The van der Waals surface area contributed by atoms with Gasteiger partial charge in [0.1, 0.15) is 0 Å². The first-order valence-electron chi connectivity index (χ1n) is 9.44. The van der Waals surface area contributed by atoms with Gasteiger partial charge >= 0.3 is 0 Å². The zero-order chi connectivity index (χ0) is 21.4. The average molecular weight is 580 g/mol. The maximum Gasteiger partial charge on any atom is 0.155 e. The maximum atomic E-state index is 10.0. The Balaban J connectivity index is 0.000000489. The smallest absolute Gasteiger partial charge is 0.155 e. The topological polar surface area (TPSA) is 63.1 Å². The summed E-state index contributed by atoms with van der Waals surface area (Å²) in [5.41, 5.74) is 5.39. The number of hydrogen-bond donors (Lipinski definition) is 1. The van der Waals surface area contributed by atoms with E-state index in [1.54, 1.807) is 6.20 Å². The molecule has 0 aliphatic heterocycles. The fourth-order valence-corrected chi connectivity index (χ4v) is 2.61. The molecule has 3 aromatic rings. The predicted molar refractivity (Wildman–Crippen MR) is 118 cm³/mol. The maximum absolute atomic E-state index is 10.0. The van der Waals surface area contributed by atoms with E-state index in [1.165, 1.54) is 25.5 Å². The van der Waals surface area contributed by atoms with Gasteiger partial charge in [-0.3, -0.25) is 9.78 Å². The molecule has 3 rings (SSSR count). The monoisotopic (exact) mass is 580 g/mol. The van der Waals surface area contributed by atoms with E-state index in [9.17, 15) is 4.79 Å². The van der Waals surface area contributed by atoms with Crippen molar-refractivity contribution in [2.75, 3.05) is 0 Å². The predicted octanol–water partition coefficient (Wildman–Crippen LogP) is 5.94. The molecular formula is C25H27IrN2O2-. The first kappa shape index (κ1) is 25.4. The van der Waals surface area contributed by atoms with E-state index in [2.05, 4.69) is 55.0 Å². The Morgan fingerprint density at radius 1 is 1.00 bits per heavy atom. The van der Waals surface area contributed by atoms with E-state index in [4.69, 9.17) is 5.11 Å². The van der Waals surface area contributed by atoms with Crippen molar-refractivity contribution in [3.8, 4) is 22.5 Å². The number of aliphatic hydroxyl groups is 1. The van der Waals surface area contributed by atoms with E-state index in [1.807, 2.05) is 36.5 Å². The third-order valence-corrected chi connectivity index (χ3v) is 4.09. The quantitative estimate of drug-likeness (QED) is 0.237. The Labute approximate surface area is 192 Å². The first-order chi connectivity index (χ1) is 13.7. The number of ketones is 1. The number of allylic oxidation sites excluding steroid dienone is 2. The molecule has 1 aromatic carbocycles. The van der Waals surface area contributed by atoms with E-state index < -0.39 is 0 Å². The van der Waals surface area contributed by atoms with Crippen molar-refractivity contribution < 1.29 is 30.0 Å². The molecule has 0 bridgehead atoms. The molecule has 0 fully saturated rings. The molecule has 0 amide bonds. The Morgan fingerprint density at radius 3 is 2.17 bits per heavy atom. The molecule has 0 unspecified atom stereocenters. The van der Waals surface area contributed by atoms with Crippen LogP contribution in [-0.4, -0.2) is 20.9 Å². The van der Waals surface area contributed by atoms with Crippen LogP contribution in [0, 0.1) is 6.07 Å². The molecule has 1 radical (unpaired) electrons. The van der Waals surface area contributed by atoms with Gasteiger partial charge in [-0.25, -0.2) is 0 Å². The average Bonchev–Trinajstić information content (AvgIpc) is 2.68. The van der Waals surface area contributed by atoms with Gasteiger partial charge in [0.2, 0.25) is 0 Å². The Hall–Kier alpha value is -2.62. The van der Waals surface area contributed by atoms with Crippen LogP contribution in [0.1, 0.15) is 40.2 Å². The molecule has 0 aliphatic rings. The van der Waals surface area contributed by atoms with Gasteiger partial charge in [0, 0.05) is 44.3 Å². The standard InChI is InChI=1S/C20H19N2.C5H8O2.Ir/c1-20(2,3)17-11-13-22-19(14-17)16-9-7-15(8-10-16)18-6-4-5-12-21-18;1-4(6)3-5(2)7;/h4-7,9-14H,1-3H3;3,6H,1-2H3;/q-1;;/b;4-3-;. The number of carbonyl (C=O) groups is 1. The minimum atomic E-state index is -0.125. The van der Waals surface area contributed by atoms with Crippen molar-refractivity contribution >= 4 is 5.78 Å². The molecule has 159 valence electrons. The van der Waals surface area contributed by atoms with Crippen LogP contribution in [0.5, 0.6) is 0 Å². The Morgan fingerprint density at radius 2 is 1.70 bits per heavy atom. The molecular weight excluding hydrogens is 553 g/mol. The van der Waals surface area contributed by atoms with Crippen LogP contribution in [0.2, 0.25) is 0 Å². The van der Waals surface area contributed by atoms with E-state index in [0.29, 0.717) is 0 Å². The molecule has 1 N–H and O–H groups in total. The van der Waals surface area contributed by atoms with Crippen LogP contribution in [0.25, 0.3) is 22.5 Å². The van der Waals surface area contributed by atoms with Gasteiger partial charge in [-0.1, -0.05) is 38.5 Å². The van der Waals surface area contributed by atoms with Crippen molar-refractivity contribution in [3.63, 3.8) is 0 Å². The summed E-state index contributed by atoms with van der Waals surface area (Å²) in [5, 5.41) is 8.36. The number of nitrogens with zero attached hydrogens (tertiary/aromatic N) is 2. The second-order valence-electron chi connectivity index (χ2n) is 7.78. The SMILES string of the molecule is CC(=O)/C=C(/C)O.CC(C)(C)c1ccnc(-c2c[c-]c(-c3ccccn3)cc2)c1.[Ir]. The van der Waals surface area contributed by atoms with Crippen LogP contribution in [-0.2, 0) is 30.3 Å². The molecule has 0 saturated heterocycles. The van der Waals surface area contributed by atoms with Crippen molar-refractivity contribution in [2.45, 2.75) is 40.0 Å². The minimum absolute atomic E-state index is 0. The van der Waals surface area contributed by atoms with Crippen LogP contribution in [0.15, 0.2) is 72.8 Å². The van der Waals surface area contributed by atoms with Crippen molar-refractivity contribution in [1.82, 2.24) is 9.97 Å². The van der Waals surface area contributed by atoms with Crippen LogP contribution in [0.3, 0.4) is 0 Å². The van der Waals surface area contributed by atoms with E-state index >= 15 is 0 Å². The second kappa shape index (κ2) is 11.5.